The van der Waals surface area contributed by atoms with Gasteiger partial charge in [0, 0.05) is 50.7 Å². The molecule has 3 aromatic heterocycles. The topological polar surface area (TPSA) is 152 Å². The van der Waals surface area contributed by atoms with E-state index in [-0.39, 0.29) is 57.7 Å². The Morgan fingerprint density at radius 1 is 1.12 bits per heavy atom. The van der Waals surface area contributed by atoms with Crippen LogP contribution in [0.15, 0.2) is 47.6 Å². The van der Waals surface area contributed by atoms with Gasteiger partial charge in [-0.3, -0.25) is 14.0 Å². The Bertz CT molecular complexity index is 1610. The van der Waals surface area contributed by atoms with Crippen LogP contribution in [-0.2, 0) is 11.0 Å². The Kier molecular flexibility index (Phi) is 6.09. The van der Waals surface area contributed by atoms with Crippen molar-refractivity contribution in [3.05, 3.63) is 54.3 Å². The number of aromatic nitrogens is 4. The molecular formula is C25H22F3N7O5. The van der Waals surface area contributed by atoms with E-state index in [0.717, 1.165) is 6.26 Å². The first-order valence-electron chi connectivity index (χ1n) is 12.3. The fourth-order valence-corrected chi connectivity index (χ4v) is 4.69. The highest BCUT2D eigenvalue weighted by atomic mass is 19.4. The maximum atomic E-state index is 13.3. The molecule has 2 amide bonds. The number of rotatable bonds is 5. The van der Waals surface area contributed by atoms with Crippen LogP contribution in [0.3, 0.4) is 0 Å². The van der Waals surface area contributed by atoms with E-state index in [1.807, 2.05) is 0 Å². The number of benzene rings is 1. The first-order valence-corrected chi connectivity index (χ1v) is 12.3. The lowest BCUT2D eigenvalue weighted by atomic mass is 10.1. The van der Waals surface area contributed by atoms with E-state index in [4.69, 9.17) is 10.5 Å². The largest absolute Gasteiger partial charge is 0.507 e. The third-order valence-corrected chi connectivity index (χ3v) is 6.96. The highest BCUT2D eigenvalue weighted by Gasteiger charge is 2.43. The molecule has 1 aromatic carbocycles. The second-order valence-electron chi connectivity index (χ2n) is 9.55. The van der Waals surface area contributed by atoms with Crippen molar-refractivity contribution in [3.63, 3.8) is 0 Å². The lowest BCUT2D eigenvalue weighted by molar-refractivity contribution is -0.142. The summed E-state index contributed by atoms with van der Waals surface area (Å²) in [6, 6.07) is 4.01. The van der Waals surface area contributed by atoms with Gasteiger partial charge in [0.2, 0.25) is 11.6 Å². The standard InChI is InChI=1S/C25H22F3N7O5/c26-25(27,28)20-16(12-39-32-20)18-11-31-21-22(30-3-4-35(18)21)40-13-1-2-14(19(36)9-13)23(37)33-5-7-34(8-6-33)24(38)15-10-17(15)29/h1-4,9,11-12,15,17,36H,5-8,10,29H2/t15-,17+/m1/s1. The number of imidazole rings is 1. The number of phenols is 1. The molecule has 2 fully saturated rings. The summed E-state index contributed by atoms with van der Waals surface area (Å²) >= 11 is 0. The number of amides is 2. The fourth-order valence-electron chi connectivity index (χ4n) is 4.69. The van der Waals surface area contributed by atoms with Crippen LogP contribution < -0.4 is 10.5 Å². The van der Waals surface area contributed by atoms with Gasteiger partial charge in [0.25, 0.3) is 11.8 Å². The third-order valence-electron chi connectivity index (χ3n) is 6.96. The fraction of sp³-hybridized carbons (Fsp3) is 0.320. The van der Waals surface area contributed by atoms with Crippen LogP contribution in [0.25, 0.3) is 16.9 Å². The number of nitrogens with two attached hydrogens (primary N) is 1. The van der Waals surface area contributed by atoms with Crippen molar-refractivity contribution in [1.82, 2.24) is 29.3 Å². The normalized spacial score (nSPS) is 19.2. The number of ether oxygens (including phenoxy) is 1. The molecule has 3 N–H and O–H groups in total. The molecule has 0 bridgehead atoms. The number of nitrogens with zero attached hydrogens (tertiary/aromatic N) is 6. The zero-order valence-electron chi connectivity index (χ0n) is 20.7. The van der Waals surface area contributed by atoms with Crippen molar-refractivity contribution >= 4 is 17.5 Å². The van der Waals surface area contributed by atoms with E-state index >= 15 is 0 Å². The quantitative estimate of drug-likeness (QED) is 0.377. The van der Waals surface area contributed by atoms with Crippen molar-refractivity contribution < 1.29 is 37.1 Å². The Morgan fingerprint density at radius 3 is 2.52 bits per heavy atom. The summed E-state index contributed by atoms with van der Waals surface area (Å²) in [6.45, 7) is 1.41. The van der Waals surface area contributed by atoms with Crippen LogP contribution in [0.2, 0.25) is 0 Å². The lowest BCUT2D eigenvalue weighted by Crippen LogP contribution is -2.51. The SMILES string of the molecule is N[C@H]1C[C@H]1C(=O)N1CCN(C(=O)c2ccc(Oc3nccn4c(-c5conc5C(F)(F)F)cnc34)cc2O)CC1. The van der Waals surface area contributed by atoms with E-state index in [2.05, 4.69) is 19.6 Å². The van der Waals surface area contributed by atoms with Crippen molar-refractivity contribution in [2.75, 3.05) is 26.2 Å². The molecule has 2 atom stereocenters. The van der Waals surface area contributed by atoms with Crippen LogP contribution in [0.4, 0.5) is 13.2 Å². The number of hydrogen-bond acceptors (Lipinski definition) is 9. The zero-order valence-corrected chi connectivity index (χ0v) is 20.7. The second-order valence-corrected chi connectivity index (χ2v) is 9.55. The third kappa shape index (κ3) is 4.57. The number of hydrogen-bond donors (Lipinski definition) is 2. The van der Waals surface area contributed by atoms with Gasteiger partial charge in [-0.05, 0) is 18.6 Å². The molecule has 0 unspecified atom stereocenters. The predicted molar refractivity (Wildman–Crippen MR) is 130 cm³/mol. The summed E-state index contributed by atoms with van der Waals surface area (Å²) in [5.74, 6) is -0.774. The van der Waals surface area contributed by atoms with Gasteiger partial charge >= 0.3 is 6.18 Å². The molecule has 4 aromatic rings. The molecule has 12 nitrogen and oxygen atoms in total. The molecular weight excluding hydrogens is 535 g/mol. The minimum absolute atomic E-state index is 0.0133. The monoisotopic (exact) mass is 557 g/mol. The summed E-state index contributed by atoms with van der Waals surface area (Å²) in [7, 11) is 0. The Labute approximate surface area is 223 Å². The van der Waals surface area contributed by atoms with Crippen LogP contribution in [0.5, 0.6) is 17.4 Å². The van der Waals surface area contributed by atoms with Gasteiger partial charge in [-0.15, -0.1) is 0 Å². The highest BCUT2D eigenvalue weighted by molar-refractivity contribution is 5.97. The van der Waals surface area contributed by atoms with E-state index in [1.165, 1.54) is 41.2 Å². The number of carbonyl (C=O) groups excluding carboxylic acids is 2. The summed E-state index contributed by atoms with van der Waals surface area (Å²) < 4.78 is 51.6. The van der Waals surface area contributed by atoms with E-state index < -0.39 is 17.8 Å². The summed E-state index contributed by atoms with van der Waals surface area (Å²) in [6.07, 6.45) is 0.757. The van der Waals surface area contributed by atoms with Crippen LogP contribution >= 0.6 is 0 Å². The number of alkyl halides is 3. The van der Waals surface area contributed by atoms with Crippen LogP contribution in [0, 0.1) is 5.92 Å². The first-order chi connectivity index (χ1) is 19.1. The van der Waals surface area contributed by atoms with Gasteiger partial charge < -0.3 is 29.9 Å². The molecule has 15 heteroatoms. The van der Waals surface area contributed by atoms with Crippen molar-refractivity contribution in [2.24, 2.45) is 11.7 Å². The van der Waals surface area contributed by atoms with Gasteiger partial charge in [0.15, 0.2) is 5.69 Å². The average molecular weight is 557 g/mol. The van der Waals surface area contributed by atoms with Crippen molar-refractivity contribution in [1.29, 1.82) is 0 Å². The number of carbonyl (C=O) groups is 2. The van der Waals surface area contributed by atoms with Crippen molar-refractivity contribution in [2.45, 2.75) is 18.6 Å². The molecule has 1 aliphatic carbocycles. The number of aromatic hydroxyl groups is 1. The molecule has 40 heavy (non-hydrogen) atoms. The molecule has 1 aliphatic heterocycles. The molecule has 2 aliphatic rings. The number of fused-ring (bicyclic) bond motifs is 1. The maximum absolute atomic E-state index is 13.3. The molecule has 208 valence electrons. The summed E-state index contributed by atoms with van der Waals surface area (Å²) in [5.41, 5.74) is 4.48. The summed E-state index contributed by atoms with van der Waals surface area (Å²) in [4.78, 5) is 36.9. The molecule has 4 heterocycles. The highest BCUT2D eigenvalue weighted by Crippen LogP contribution is 2.37. The molecule has 1 saturated heterocycles. The smallest absolute Gasteiger partial charge is 0.437 e. The van der Waals surface area contributed by atoms with Gasteiger partial charge in [-0.1, -0.05) is 5.16 Å². The number of phenolic OH excluding ortho intramolecular Hbond substituents is 1. The lowest BCUT2D eigenvalue weighted by Gasteiger charge is -2.35. The van der Waals surface area contributed by atoms with E-state index in [0.29, 0.717) is 32.6 Å². The average Bonchev–Trinajstić information content (AvgIpc) is 3.29. The molecule has 0 spiro atoms. The number of halogens is 3. The van der Waals surface area contributed by atoms with Gasteiger partial charge in [-0.25, -0.2) is 9.97 Å². The second kappa shape index (κ2) is 9.51. The van der Waals surface area contributed by atoms with E-state index in [1.54, 1.807) is 9.80 Å². The summed E-state index contributed by atoms with van der Waals surface area (Å²) in [5, 5.41) is 13.7. The van der Waals surface area contributed by atoms with Crippen molar-refractivity contribution in [3.8, 4) is 28.6 Å². The number of piperazine rings is 1. The minimum atomic E-state index is -4.73. The Morgan fingerprint density at radius 2 is 1.85 bits per heavy atom. The predicted octanol–water partition coefficient (Wildman–Crippen LogP) is 2.53. The molecule has 6 rings (SSSR count). The van der Waals surface area contributed by atoms with Crippen LogP contribution in [0.1, 0.15) is 22.5 Å². The first kappa shape index (κ1) is 25.6. The maximum Gasteiger partial charge on any atom is 0.437 e. The van der Waals surface area contributed by atoms with Crippen LogP contribution in [-0.4, -0.2) is 78.5 Å². The van der Waals surface area contributed by atoms with Gasteiger partial charge in [0.05, 0.1) is 28.9 Å². The zero-order chi connectivity index (χ0) is 28.2. The Hall–Kier alpha value is -4.66. The molecule has 1 saturated carbocycles. The molecule has 0 radical (unpaired) electrons. The van der Waals surface area contributed by atoms with Gasteiger partial charge in [-0.2, -0.15) is 13.2 Å². The van der Waals surface area contributed by atoms with E-state index in [9.17, 15) is 27.9 Å². The Balaban J connectivity index is 1.17. The van der Waals surface area contributed by atoms with Gasteiger partial charge in [0.1, 0.15) is 17.8 Å². The minimum Gasteiger partial charge on any atom is -0.507 e.